The van der Waals surface area contributed by atoms with Crippen LogP contribution in [0.4, 0.5) is 5.95 Å². The second kappa shape index (κ2) is 7.41. The molecule has 26 heavy (non-hydrogen) atoms. The van der Waals surface area contributed by atoms with E-state index in [1.165, 1.54) is 5.56 Å². The zero-order valence-corrected chi connectivity index (χ0v) is 15.0. The average Bonchev–Trinajstić information content (AvgIpc) is 3.24. The maximum atomic E-state index is 12.7. The van der Waals surface area contributed by atoms with Gasteiger partial charge in [0, 0.05) is 43.9 Å². The first-order valence-corrected chi connectivity index (χ1v) is 9.15. The zero-order chi connectivity index (χ0) is 17.9. The summed E-state index contributed by atoms with van der Waals surface area (Å²) in [7, 11) is 0. The number of benzene rings is 1. The molecule has 2 fully saturated rings. The number of nitrogens with one attached hydrogen (secondary N) is 1. The molecule has 1 amide bonds. The van der Waals surface area contributed by atoms with Crippen LogP contribution in [0, 0.1) is 18.8 Å². The van der Waals surface area contributed by atoms with Gasteiger partial charge < -0.3 is 15.0 Å². The van der Waals surface area contributed by atoms with Gasteiger partial charge in [0.05, 0.1) is 19.1 Å². The standard InChI is InChI=1S/C20H24N4O2/c1-14-5-2-3-6-15(14)9-19(25)24-11-17-16(13-26-18(17)12-24)10-23-20-21-7-4-8-22-20/h2-8,16-18H,9-13H2,1H3,(H,21,22,23)/t16-,17+,18+/m0/s1. The van der Waals surface area contributed by atoms with E-state index in [9.17, 15) is 4.79 Å². The van der Waals surface area contributed by atoms with E-state index in [1.807, 2.05) is 23.1 Å². The largest absolute Gasteiger partial charge is 0.376 e. The number of aryl methyl sites for hydroxylation is 1. The highest BCUT2D eigenvalue weighted by molar-refractivity contribution is 5.79. The highest BCUT2D eigenvalue weighted by atomic mass is 16.5. The SMILES string of the molecule is Cc1ccccc1CC(=O)N1C[C@@H]2[C@@H](CNc3ncccn3)CO[C@@H]2C1. The predicted molar refractivity (Wildman–Crippen MR) is 98.7 cm³/mol. The molecule has 3 heterocycles. The van der Waals surface area contributed by atoms with E-state index in [0.717, 1.165) is 25.3 Å². The Morgan fingerprint density at radius 3 is 2.85 bits per heavy atom. The van der Waals surface area contributed by atoms with Crippen molar-refractivity contribution in [3.05, 3.63) is 53.9 Å². The van der Waals surface area contributed by atoms with Gasteiger partial charge in [0.15, 0.2) is 0 Å². The van der Waals surface area contributed by atoms with E-state index in [4.69, 9.17) is 4.74 Å². The highest BCUT2D eigenvalue weighted by Gasteiger charge is 2.44. The Kier molecular flexibility index (Phi) is 4.84. The summed E-state index contributed by atoms with van der Waals surface area (Å²) in [6.45, 7) is 5.03. The molecule has 0 bridgehead atoms. The fourth-order valence-corrected chi connectivity index (χ4v) is 3.91. The Balaban J connectivity index is 1.34. The van der Waals surface area contributed by atoms with Gasteiger partial charge in [-0.2, -0.15) is 0 Å². The Morgan fingerprint density at radius 2 is 2.04 bits per heavy atom. The first-order valence-electron chi connectivity index (χ1n) is 9.15. The Hall–Kier alpha value is -2.47. The number of nitrogens with zero attached hydrogens (tertiary/aromatic N) is 3. The number of ether oxygens (including phenoxy) is 1. The molecule has 0 spiro atoms. The lowest BCUT2D eigenvalue weighted by Crippen LogP contribution is -2.33. The molecule has 0 saturated carbocycles. The molecule has 2 aliphatic heterocycles. The second-order valence-electron chi connectivity index (χ2n) is 7.15. The van der Waals surface area contributed by atoms with E-state index in [1.54, 1.807) is 18.5 Å². The van der Waals surface area contributed by atoms with Gasteiger partial charge in [-0.05, 0) is 24.1 Å². The molecule has 1 aromatic heterocycles. The highest BCUT2D eigenvalue weighted by Crippen LogP contribution is 2.34. The number of carbonyl (C=O) groups excluding carboxylic acids is 1. The number of hydrogen-bond donors (Lipinski definition) is 1. The number of fused-ring (bicyclic) bond motifs is 1. The summed E-state index contributed by atoms with van der Waals surface area (Å²) in [5.74, 6) is 1.59. The van der Waals surface area contributed by atoms with Crippen LogP contribution in [0.3, 0.4) is 0 Å². The molecule has 1 N–H and O–H groups in total. The third-order valence-electron chi connectivity index (χ3n) is 5.48. The monoisotopic (exact) mass is 352 g/mol. The molecule has 2 aromatic rings. The maximum absolute atomic E-state index is 12.7. The van der Waals surface area contributed by atoms with Crippen molar-refractivity contribution < 1.29 is 9.53 Å². The first-order chi connectivity index (χ1) is 12.7. The van der Waals surface area contributed by atoms with Crippen LogP contribution in [0.15, 0.2) is 42.7 Å². The molecule has 3 atom stereocenters. The van der Waals surface area contributed by atoms with Crippen molar-refractivity contribution in [2.75, 3.05) is 31.6 Å². The molecule has 1 aromatic carbocycles. The number of likely N-dealkylation sites (tertiary alicyclic amines) is 1. The van der Waals surface area contributed by atoms with E-state index < -0.39 is 0 Å². The van der Waals surface area contributed by atoms with Crippen molar-refractivity contribution in [2.45, 2.75) is 19.4 Å². The first kappa shape index (κ1) is 17.0. The van der Waals surface area contributed by atoms with Gasteiger partial charge in [-0.3, -0.25) is 4.79 Å². The zero-order valence-electron chi connectivity index (χ0n) is 15.0. The van der Waals surface area contributed by atoms with Gasteiger partial charge in [-0.15, -0.1) is 0 Å². The van der Waals surface area contributed by atoms with Crippen molar-refractivity contribution in [1.29, 1.82) is 0 Å². The van der Waals surface area contributed by atoms with Crippen LogP contribution in [0.2, 0.25) is 0 Å². The van der Waals surface area contributed by atoms with Crippen LogP contribution in [0.25, 0.3) is 0 Å². The average molecular weight is 352 g/mol. The lowest BCUT2D eigenvalue weighted by atomic mass is 9.93. The summed E-state index contributed by atoms with van der Waals surface area (Å²) in [4.78, 5) is 23.1. The Morgan fingerprint density at radius 1 is 1.23 bits per heavy atom. The fraction of sp³-hybridized carbons (Fsp3) is 0.450. The minimum Gasteiger partial charge on any atom is -0.376 e. The normalized spacial score (nSPS) is 24.5. The lowest BCUT2D eigenvalue weighted by molar-refractivity contribution is -0.130. The van der Waals surface area contributed by atoms with E-state index in [-0.39, 0.29) is 12.0 Å². The third-order valence-corrected chi connectivity index (χ3v) is 5.48. The molecule has 0 radical (unpaired) electrons. The van der Waals surface area contributed by atoms with E-state index >= 15 is 0 Å². The van der Waals surface area contributed by atoms with Gasteiger partial charge in [-0.25, -0.2) is 9.97 Å². The molecular formula is C20H24N4O2. The van der Waals surface area contributed by atoms with Gasteiger partial charge in [0.1, 0.15) is 0 Å². The summed E-state index contributed by atoms with van der Waals surface area (Å²) in [5.41, 5.74) is 2.27. The summed E-state index contributed by atoms with van der Waals surface area (Å²) in [5, 5.41) is 3.28. The molecule has 4 rings (SSSR count). The van der Waals surface area contributed by atoms with Gasteiger partial charge >= 0.3 is 0 Å². The van der Waals surface area contributed by atoms with Crippen LogP contribution >= 0.6 is 0 Å². The summed E-state index contributed by atoms with van der Waals surface area (Å²) >= 11 is 0. The summed E-state index contributed by atoms with van der Waals surface area (Å²) in [6.07, 6.45) is 4.07. The predicted octanol–water partition coefficient (Wildman–Crippen LogP) is 1.91. The topological polar surface area (TPSA) is 67.4 Å². The number of carbonyl (C=O) groups is 1. The number of rotatable bonds is 5. The van der Waals surface area contributed by atoms with Crippen LogP contribution in [0.5, 0.6) is 0 Å². The van der Waals surface area contributed by atoms with Crippen molar-refractivity contribution >= 4 is 11.9 Å². The van der Waals surface area contributed by atoms with Gasteiger partial charge in [0.25, 0.3) is 0 Å². The number of hydrogen-bond acceptors (Lipinski definition) is 5. The quantitative estimate of drug-likeness (QED) is 0.890. The van der Waals surface area contributed by atoms with Crippen molar-refractivity contribution in [3.8, 4) is 0 Å². The Bertz CT molecular complexity index is 767. The molecule has 0 unspecified atom stereocenters. The molecule has 0 aliphatic carbocycles. The smallest absolute Gasteiger partial charge is 0.227 e. The molecule has 136 valence electrons. The summed E-state index contributed by atoms with van der Waals surface area (Å²) in [6, 6.07) is 9.88. The minimum atomic E-state index is 0.152. The van der Waals surface area contributed by atoms with Crippen molar-refractivity contribution in [1.82, 2.24) is 14.9 Å². The van der Waals surface area contributed by atoms with Crippen LogP contribution in [0.1, 0.15) is 11.1 Å². The minimum absolute atomic E-state index is 0.152. The Labute approximate surface area is 153 Å². The van der Waals surface area contributed by atoms with Crippen LogP contribution in [-0.4, -0.2) is 53.1 Å². The molecule has 6 heteroatoms. The van der Waals surface area contributed by atoms with E-state index in [2.05, 4.69) is 28.3 Å². The number of amides is 1. The van der Waals surface area contributed by atoms with Crippen molar-refractivity contribution in [3.63, 3.8) is 0 Å². The van der Waals surface area contributed by atoms with Crippen molar-refractivity contribution in [2.24, 2.45) is 11.8 Å². The number of anilines is 1. The molecule has 2 saturated heterocycles. The van der Waals surface area contributed by atoms with Gasteiger partial charge in [0.2, 0.25) is 11.9 Å². The van der Waals surface area contributed by atoms with Gasteiger partial charge in [-0.1, -0.05) is 24.3 Å². The molecule has 2 aliphatic rings. The number of aromatic nitrogens is 2. The lowest BCUT2D eigenvalue weighted by Gasteiger charge is -2.20. The molecule has 6 nitrogen and oxygen atoms in total. The van der Waals surface area contributed by atoms with Crippen LogP contribution in [-0.2, 0) is 16.0 Å². The maximum Gasteiger partial charge on any atom is 0.227 e. The molecular weight excluding hydrogens is 328 g/mol. The third kappa shape index (κ3) is 3.55. The van der Waals surface area contributed by atoms with E-state index in [0.29, 0.717) is 30.7 Å². The van der Waals surface area contributed by atoms with Crippen LogP contribution < -0.4 is 5.32 Å². The fourth-order valence-electron chi connectivity index (χ4n) is 3.91. The summed E-state index contributed by atoms with van der Waals surface area (Å²) < 4.78 is 5.96. The second-order valence-corrected chi connectivity index (χ2v) is 7.15.